The van der Waals surface area contributed by atoms with E-state index in [1.165, 1.54) is 0 Å². The van der Waals surface area contributed by atoms with E-state index in [-0.39, 0.29) is 5.56 Å². The minimum atomic E-state index is -1.25. The Balaban J connectivity index is 1.58. The first kappa shape index (κ1) is 24.9. The number of imide groups is 1. The molecule has 212 valence electrons. The smallest absolute Gasteiger partial charge is 0.323 e. The van der Waals surface area contributed by atoms with Gasteiger partial charge in [0, 0.05) is 32.7 Å². The average Bonchev–Trinajstić information content (AvgIpc) is 3.38. The number of pyridine rings is 1. The van der Waals surface area contributed by atoms with Gasteiger partial charge >= 0.3 is 5.97 Å². The Morgan fingerprint density at radius 3 is 1.80 bits per heavy atom. The predicted molar refractivity (Wildman–Crippen MR) is 171 cm³/mol. The fraction of sp³-hybridized carbons (Fsp3) is 0.139. The molecule has 0 unspecified atom stereocenters. The van der Waals surface area contributed by atoms with E-state index in [1.54, 1.807) is 16.5 Å². The Morgan fingerprint density at radius 1 is 0.682 bits per heavy atom. The van der Waals surface area contributed by atoms with Gasteiger partial charge < -0.3 is 5.11 Å². The van der Waals surface area contributed by atoms with Crippen molar-refractivity contribution in [1.29, 1.82) is 0 Å². The number of carbonyl (C=O) groups excluding carboxylic acids is 2. The summed E-state index contributed by atoms with van der Waals surface area (Å²) in [6, 6.07) is 15.3. The molecule has 0 saturated heterocycles. The van der Waals surface area contributed by atoms with Crippen molar-refractivity contribution in [2.75, 3.05) is 6.54 Å². The van der Waals surface area contributed by atoms with Crippen LogP contribution in [0.15, 0.2) is 53.3 Å². The van der Waals surface area contributed by atoms with Crippen LogP contribution < -0.4 is 5.56 Å². The van der Waals surface area contributed by atoms with E-state index in [9.17, 15) is 24.3 Å². The minimum Gasteiger partial charge on any atom is -0.480 e. The average molecular weight is 578 g/mol. The fourth-order valence-corrected chi connectivity index (χ4v) is 7.98. The topological polar surface area (TPSA) is 109 Å². The van der Waals surface area contributed by atoms with Crippen LogP contribution in [-0.2, 0) is 4.79 Å². The highest BCUT2D eigenvalue weighted by molar-refractivity contribution is 6.43. The third-order valence-electron chi connectivity index (χ3n) is 9.58. The van der Waals surface area contributed by atoms with Gasteiger partial charge in [-0.25, -0.2) is 4.98 Å². The number of hydrogen-bond acceptors (Lipinski definition) is 5. The third kappa shape index (κ3) is 2.72. The maximum absolute atomic E-state index is 14.2. The summed E-state index contributed by atoms with van der Waals surface area (Å²) in [7, 11) is 0. The molecule has 2 aromatic heterocycles. The second kappa shape index (κ2) is 7.85. The molecule has 0 aliphatic carbocycles. The Labute approximate surface area is 248 Å². The molecule has 9 rings (SSSR count). The molecule has 1 aliphatic heterocycles. The standard InChI is InChI=1S/C36H23N3O5/c1-14-9-18-29-21(36(44)39-23-8-6-5-7-22(23)37-33(18)39)12-17(4)26-28-16(3)11-20-30-19(34(42)38(35(20)43)13-24(40)41)10-15(2)27(32(28)30)25(14)31(26)29/h5-12H,13H2,1-4H3,(H,40,41). The largest absolute Gasteiger partial charge is 0.480 e. The summed E-state index contributed by atoms with van der Waals surface area (Å²) in [5.41, 5.74) is 6.26. The van der Waals surface area contributed by atoms with Gasteiger partial charge in [-0.2, -0.15) is 0 Å². The molecule has 0 spiro atoms. The number of rotatable bonds is 2. The lowest BCUT2D eigenvalue weighted by atomic mass is 9.78. The number of aliphatic carboxylic acids is 1. The third-order valence-corrected chi connectivity index (χ3v) is 9.58. The van der Waals surface area contributed by atoms with E-state index in [4.69, 9.17) is 4.98 Å². The highest BCUT2D eigenvalue weighted by Gasteiger charge is 2.37. The van der Waals surface area contributed by atoms with Crippen LogP contribution in [0.4, 0.5) is 0 Å². The van der Waals surface area contributed by atoms with Crippen LogP contribution in [0.5, 0.6) is 0 Å². The number of para-hydroxylation sites is 2. The summed E-state index contributed by atoms with van der Waals surface area (Å²) >= 11 is 0. The van der Waals surface area contributed by atoms with Gasteiger partial charge in [-0.15, -0.1) is 0 Å². The van der Waals surface area contributed by atoms with E-state index in [1.807, 2.05) is 51.1 Å². The summed E-state index contributed by atoms with van der Waals surface area (Å²) in [5.74, 6) is -2.47. The highest BCUT2D eigenvalue weighted by atomic mass is 16.4. The fourth-order valence-electron chi connectivity index (χ4n) is 7.98. The number of hydrogen-bond donors (Lipinski definition) is 1. The molecule has 0 bridgehead atoms. The number of nitrogens with zero attached hydrogens (tertiary/aromatic N) is 3. The number of amides is 2. The van der Waals surface area contributed by atoms with Crippen LogP contribution in [0.2, 0.25) is 0 Å². The van der Waals surface area contributed by atoms with Crippen molar-refractivity contribution in [1.82, 2.24) is 14.3 Å². The van der Waals surface area contributed by atoms with Crippen molar-refractivity contribution in [3.8, 4) is 0 Å². The first-order valence-corrected chi connectivity index (χ1v) is 14.4. The maximum atomic E-state index is 14.2. The SMILES string of the molecule is Cc1cc2c3c(cc(C)c4c5c(C)cc6c7c(cc(C)c(c1c34)c57)c(=O)n1c3ccccc3nc61)C(=O)N(CC(=O)O)C2=O. The van der Waals surface area contributed by atoms with E-state index < -0.39 is 24.3 Å². The van der Waals surface area contributed by atoms with E-state index in [0.29, 0.717) is 27.5 Å². The predicted octanol–water partition coefficient (Wildman–Crippen LogP) is 6.40. The molecule has 1 aliphatic rings. The molecular weight excluding hydrogens is 554 g/mol. The number of carbonyl (C=O) groups is 3. The lowest BCUT2D eigenvalue weighted by molar-refractivity contribution is -0.137. The normalized spacial score (nSPS) is 13.9. The molecular formula is C36H23N3O5. The van der Waals surface area contributed by atoms with Crippen LogP contribution in [-0.4, -0.2) is 43.7 Å². The second-order valence-corrected chi connectivity index (χ2v) is 12.1. The Bertz CT molecular complexity index is 2700. The van der Waals surface area contributed by atoms with Gasteiger partial charge in [0.05, 0.1) is 11.0 Å². The Kier molecular flexibility index (Phi) is 4.44. The van der Waals surface area contributed by atoms with E-state index >= 15 is 0 Å². The van der Waals surface area contributed by atoms with Crippen LogP contribution >= 0.6 is 0 Å². The molecule has 0 fully saturated rings. The van der Waals surface area contributed by atoms with Crippen molar-refractivity contribution in [3.05, 3.63) is 92.3 Å². The number of aryl methyl sites for hydroxylation is 4. The first-order valence-electron chi connectivity index (χ1n) is 14.4. The summed E-state index contributed by atoms with van der Waals surface area (Å²) < 4.78 is 1.71. The molecule has 44 heavy (non-hydrogen) atoms. The highest BCUT2D eigenvalue weighted by Crippen LogP contribution is 2.50. The molecule has 3 heterocycles. The van der Waals surface area contributed by atoms with Crippen molar-refractivity contribution < 1.29 is 19.5 Å². The number of imidazole rings is 1. The minimum absolute atomic E-state index is 0.121. The molecule has 0 radical (unpaired) electrons. The van der Waals surface area contributed by atoms with Crippen LogP contribution in [0, 0.1) is 27.7 Å². The number of benzene rings is 6. The molecule has 0 atom stereocenters. The van der Waals surface area contributed by atoms with Gasteiger partial charge in [0.1, 0.15) is 12.2 Å². The zero-order valence-electron chi connectivity index (χ0n) is 24.2. The molecule has 8 aromatic rings. The number of fused-ring (bicyclic) bond motifs is 6. The number of carboxylic acids is 1. The van der Waals surface area contributed by atoms with Gasteiger partial charge in [-0.05, 0) is 119 Å². The quantitative estimate of drug-likeness (QED) is 0.145. The molecule has 1 N–H and O–H groups in total. The molecule has 6 aromatic carbocycles. The molecule has 2 amide bonds. The van der Waals surface area contributed by atoms with Gasteiger partial charge in [0.15, 0.2) is 0 Å². The van der Waals surface area contributed by atoms with Gasteiger partial charge in [0.25, 0.3) is 17.4 Å². The first-order chi connectivity index (χ1) is 21.1. The zero-order valence-corrected chi connectivity index (χ0v) is 24.2. The summed E-state index contributed by atoms with van der Waals surface area (Å²) in [6.07, 6.45) is 0. The Morgan fingerprint density at radius 2 is 1.20 bits per heavy atom. The van der Waals surface area contributed by atoms with Crippen molar-refractivity contribution in [3.63, 3.8) is 0 Å². The summed E-state index contributed by atoms with van der Waals surface area (Å²) in [6.45, 7) is 7.24. The van der Waals surface area contributed by atoms with Gasteiger partial charge in [-0.1, -0.05) is 12.1 Å². The van der Waals surface area contributed by atoms with Crippen molar-refractivity contribution >= 4 is 88.3 Å². The van der Waals surface area contributed by atoms with Crippen LogP contribution in [0.25, 0.3) is 70.5 Å². The zero-order chi connectivity index (χ0) is 30.5. The van der Waals surface area contributed by atoms with Gasteiger partial charge in [-0.3, -0.25) is 28.5 Å². The van der Waals surface area contributed by atoms with Crippen molar-refractivity contribution in [2.24, 2.45) is 0 Å². The van der Waals surface area contributed by atoms with Crippen LogP contribution in [0.3, 0.4) is 0 Å². The van der Waals surface area contributed by atoms with Crippen molar-refractivity contribution in [2.45, 2.75) is 27.7 Å². The lowest BCUT2D eigenvalue weighted by Crippen LogP contribution is -2.43. The monoisotopic (exact) mass is 577 g/mol. The lowest BCUT2D eigenvalue weighted by Gasteiger charge is -2.29. The molecule has 8 heteroatoms. The second-order valence-electron chi connectivity index (χ2n) is 12.1. The van der Waals surface area contributed by atoms with E-state index in [2.05, 4.69) is 13.0 Å². The molecule has 8 nitrogen and oxygen atoms in total. The van der Waals surface area contributed by atoms with Crippen LogP contribution in [0.1, 0.15) is 43.0 Å². The Hall–Kier alpha value is -5.63. The van der Waals surface area contributed by atoms with Gasteiger partial charge in [0.2, 0.25) is 0 Å². The summed E-state index contributed by atoms with van der Waals surface area (Å²) in [4.78, 5) is 58.8. The summed E-state index contributed by atoms with van der Waals surface area (Å²) in [5, 5.41) is 18.0. The van der Waals surface area contributed by atoms with E-state index in [0.717, 1.165) is 81.3 Å². The maximum Gasteiger partial charge on any atom is 0.323 e. The number of carboxylic acid groups (broad SMARTS) is 1. The number of aromatic nitrogens is 2. The molecule has 0 saturated carbocycles.